The summed E-state index contributed by atoms with van der Waals surface area (Å²) in [6.07, 6.45) is 0.783. The summed E-state index contributed by atoms with van der Waals surface area (Å²) in [6.45, 7) is 4.93. The maximum Gasteiger partial charge on any atom is 0.318 e. The number of hydrogen-bond acceptors (Lipinski definition) is 3. The van der Waals surface area contributed by atoms with Gasteiger partial charge >= 0.3 is 6.03 Å². The third-order valence-corrected chi connectivity index (χ3v) is 4.05. The van der Waals surface area contributed by atoms with Crippen LogP contribution in [0.4, 0.5) is 4.79 Å². The van der Waals surface area contributed by atoms with E-state index in [0.717, 1.165) is 12.0 Å². The monoisotopic (exact) mass is 339 g/mol. The zero-order valence-corrected chi connectivity index (χ0v) is 14.7. The third-order valence-electron chi connectivity index (χ3n) is 4.05. The highest BCUT2D eigenvalue weighted by atomic mass is 16.2. The highest BCUT2D eigenvalue weighted by molar-refractivity contribution is 5.96. The lowest BCUT2D eigenvalue weighted by atomic mass is 10.0. The Hall–Kier alpha value is -2.66. The first-order chi connectivity index (χ1) is 12.0. The Kier molecular flexibility index (Phi) is 6.71. The van der Waals surface area contributed by atoms with Gasteiger partial charge in [0.05, 0.1) is 0 Å². The molecule has 2 aromatic rings. The van der Waals surface area contributed by atoms with Gasteiger partial charge in [-0.2, -0.15) is 0 Å². The number of rotatable bonds is 7. The molecule has 132 valence electrons. The van der Waals surface area contributed by atoms with Crippen molar-refractivity contribution in [3.63, 3.8) is 0 Å². The number of nitrogens with two attached hydrogens (primary N) is 1. The number of nitrogens with one attached hydrogen (secondary N) is 2. The normalized spacial score (nSPS) is 12.0. The molecule has 0 saturated heterocycles. The maximum absolute atomic E-state index is 12.2. The maximum atomic E-state index is 12.2. The van der Waals surface area contributed by atoms with E-state index in [-0.39, 0.29) is 0 Å². The molecule has 0 fully saturated rings. The second-order valence-electron chi connectivity index (χ2n) is 6.30. The number of primary amides is 1. The van der Waals surface area contributed by atoms with Gasteiger partial charge in [0, 0.05) is 6.54 Å². The molecule has 0 bridgehead atoms. The van der Waals surface area contributed by atoms with Crippen LogP contribution in [0.15, 0.2) is 54.6 Å². The van der Waals surface area contributed by atoms with E-state index >= 15 is 0 Å². The molecular formula is C20H25N3O2. The van der Waals surface area contributed by atoms with E-state index in [4.69, 9.17) is 5.73 Å². The van der Waals surface area contributed by atoms with Crippen LogP contribution in [0.3, 0.4) is 0 Å². The summed E-state index contributed by atoms with van der Waals surface area (Å²) in [5.41, 5.74) is 8.36. The van der Waals surface area contributed by atoms with Crippen molar-refractivity contribution in [2.75, 3.05) is 6.54 Å². The number of hydrogen-bond donors (Lipinski definition) is 3. The average molecular weight is 339 g/mol. The van der Waals surface area contributed by atoms with Crippen molar-refractivity contribution >= 4 is 11.9 Å². The molecule has 0 aliphatic heterocycles. The average Bonchev–Trinajstić information content (AvgIpc) is 2.59. The van der Waals surface area contributed by atoms with Gasteiger partial charge in [-0.1, -0.05) is 68.4 Å². The first-order valence-corrected chi connectivity index (χ1v) is 8.45. The lowest BCUT2D eigenvalue weighted by Crippen LogP contribution is -2.43. The summed E-state index contributed by atoms with van der Waals surface area (Å²) >= 11 is 0. The van der Waals surface area contributed by atoms with Crippen LogP contribution < -0.4 is 16.4 Å². The van der Waals surface area contributed by atoms with Crippen LogP contribution in [0.1, 0.15) is 42.5 Å². The van der Waals surface area contributed by atoms with E-state index in [9.17, 15) is 9.59 Å². The molecule has 0 radical (unpaired) electrons. The molecule has 0 aromatic heterocycles. The smallest absolute Gasteiger partial charge is 0.318 e. The van der Waals surface area contributed by atoms with Crippen molar-refractivity contribution in [3.05, 3.63) is 71.3 Å². The van der Waals surface area contributed by atoms with Gasteiger partial charge in [-0.15, -0.1) is 0 Å². The molecule has 0 spiro atoms. The molecule has 2 aromatic carbocycles. The Morgan fingerprint density at radius 3 is 2.16 bits per heavy atom. The van der Waals surface area contributed by atoms with Gasteiger partial charge in [-0.05, 0) is 29.0 Å². The van der Waals surface area contributed by atoms with E-state index in [1.807, 2.05) is 30.3 Å². The fraction of sp³-hybridized carbons (Fsp3) is 0.300. The fourth-order valence-electron chi connectivity index (χ4n) is 2.63. The molecule has 0 aliphatic rings. The number of benzene rings is 2. The Labute approximate surface area is 148 Å². The molecule has 2 rings (SSSR count). The van der Waals surface area contributed by atoms with Crippen LogP contribution in [0.5, 0.6) is 0 Å². The highest BCUT2D eigenvalue weighted by Crippen LogP contribution is 2.16. The predicted molar refractivity (Wildman–Crippen MR) is 99.1 cm³/mol. The van der Waals surface area contributed by atoms with Crippen molar-refractivity contribution < 1.29 is 9.59 Å². The summed E-state index contributed by atoms with van der Waals surface area (Å²) in [5, 5.41) is 5.35. The van der Waals surface area contributed by atoms with Gasteiger partial charge in [0.25, 0.3) is 0 Å². The van der Waals surface area contributed by atoms with Crippen LogP contribution in [-0.4, -0.2) is 18.5 Å². The van der Waals surface area contributed by atoms with E-state index in [2.05, 4.69) is 48.7 Å². The van der Waals surface area contributed by atoms with Crippen LogP contribution in [0.25, 0.3) is 0 Å². The summed E-state index contributed by atoms with van der Waals surface area (Å²) in [6, 6.07) is 16.3. The molecule has 5 heteroatoms. The summed E-state index contributed by atoms with van der Waals surface area (Å²) < 4.78 is 0. The van der Waals surface area contributed by atoms with Gasteiger partial charge in [0.2, 0.25) is 5.91 Å². The van der Waals surface area contributed by atoms with Gasteiger partial charge < -0.3 is 11.1 Å². The largest absolute Gasteiger partial charge is 0.351 e. The van der Waals surface area contributed by atoms with Crippen LogP contribution in [0.2, 0.25) is 0 Å². The van der Waals surface area contributed by atoms with Gasteiger partial charge in [0.1, 0.15) is 6.04 Å². The molecule has 0 aliphatic carbocycles. The van der Waals surface area contributed by atoms with E-state index in [0.29, 0.717) is 12.5 Å². The number of urea groups is 1. The lowest BCUT2D eigenvalue weighted by molar-refractivity contribution is -0.122. The Balaban J connectivity index is 1.99. The molecule has 0 heterocycles. The Morgan fingerprint density at radius 2 is 1.60 bits per heavy atom. The molecule has 5 nitrogen and oxygen atoms in total. The van der Waals surface area contributed by atoms with E-state index < -0.39 is 18.0 Å². The molecule has 3 amide bonds. The first-order valence-electron chi connectivity index (χ1n) is 8.45. The van der Waals surface area contributed by atoms with Gasteiger partial charge in [-0.3, -0.25) is 10.1 Å². The standard InChI is InChI=1S/C20H25N3O2/c1-14(2)16-10-8-15(9-11-16)12-13-22-18(19(24)23-20(21)25)17-6-4-3-5-7-17/h3-11,14,18,22H,12-13H2,1-2H3,(H3,21,23,24,25)/t18-/m0/s1. The molecule has 0 saturated carbocycles. The third kappa shape index (κ3) is 5.72. The quantitative estimate of drug-likeness (QED) is 0.725. The van der Waals surface area contributed by atoms with Crippen LogP contribution >= 0.6 is 0 Å². The zero-order valence-electron chi connectivity index (χ0n) is 14.7. The van der Waals surface area contributed by atoms with Crippen LogP contribution in [-0.2, 0) is 11.2 Å². The first kappa shape index (κ1) is 18.7. The summed E-state index contributed by atoms with van der Waals surface area (Å²) in [5.74, 6) is 0.0565. The van der Waals surface area contributed by atoms with Gasteiger partial charge in [-0.25, -0.2) is 4.79 Å². The lowest BCUT2D eigenvalue weighted by Gasteiger charge is -2.18. The van der Waals surface area contributed by atoms with Crippen LogP contribution in [0, 0.1) is 0 Å². The molecule has 4 N–H and O–H groups in total. The Bertz CT molecular complexity index is 697. The fourth-order valence-corrected chi connectivity index (χ4v) is 2.63. The minimum atomic E-state index is -0.850. The SMILES string of the molecule is CC(C)c1ccc(CCN[C@H](C(=O)NC(N)=O)c2ccccc2)cc1. The minimum absolute atomic E-state index is 0.450. The van der Waals surface area contributed by atoms with E-state index in [1.165, 1.54) is 11.1 Å². The van der Waals surface area contributed by atoms with Crippen molar-refractivity contribution in [2.45, 2.75) is 32.2 Å². The van der Waals surface area contributed by atoms with Crippen molar-refractivity contribution in [1.29, 1.82) is 0 Å². The van der Waals surface area contributed by atoms with Crippen molar-refractivity contribution in [1.82, 2.24) is 10.6 Å². The molecule has 1 atom stereocenters. The number of carbonyl (C=O) groups is 2. The number of carbonyl (C=O) groups excluding carboxylic acids is 2. The predicted octanol–water partition coefficient (Wildman–Crippen LogP) is 2.88. The topological polar surface area (TPSA) is 84.2 Å². The molecular weight excluding hydrogens is 314 g/mol. The second-order valence-corrected chi connectivity index (χ2v) is 6.30. The van der Waals surface area contributed by atoms with Crippen molar-refractivity contribution in [2.24, 2.45) is 5.73 Å². The van der Waals surface area contributed by atoms with E-state index in [1.54, 1.807) is 0 Å². The number of amides is 3. The number of imide groups is 1. The zero-order chi connectivity index (χ0) is 18.2. The highest BCUT2D eigenvalue weighted by Gasteiger charge is 2.20. The molecule has 0 unspecified atom stereocenters. The Morgan fingerprint density at radius 1 is 0.960 bits per heavy atom. The minimum Gasteiger partial charge on any atom is -0.351 e. The molecule has 25 heavy (non-hydrogen) atoms. The summed E-state index contributed by atoms with van der Waals surface area (Å²) in [4.78, 5) is 23.2. The van der Waals surface area contributed by atoms with Gasteiger partial charge in [0.15, 0.2) is 0 Å². The second kappa shape index (κ2) is 8.99. The summed E-state index contributed by atoms with van der Waals surface area (Å²) in [7, 11) is 0. The van der Waals surface area contributed by atoms with Crippen molar-refractivity contribution in [3.8, 4) is 0 Å².